The third-order valence-corrected chi connectivity index (χ3v) is 8.50. The smallest absolute Gasteiger partial charge is 0.328 e. The molecule has 3 aromatic carbocycles. The zero-order valence-corrected chi connectivity index (χ0v) is 24.3. The van der Waals surface area contributed by atoms with Gasteiger partial charge in [-0.25, -0.2) is 4.79 Å². The van der Waals surface area contributed by atoms with Crippen molar-refractivity contribution in [2.24, 2.45) is 11.3 Å². The Morgan fingerprint density at radius 1 is 0.905 bits per heavy atom. The van der Waals surface area contributed by atoms with Gasteiger partial charge >= 0.3 is 5.97 Å². The first kappa shape index (κ1) is 29.5. The van der Waals surface area contributed by atoms with Crippen LogP contribution in [0.3, 0.4) is 0 Å². The van der Waals surface area contributed by atoms with E-state index in [-0.39, 0.29) is 17.1 Å². The molecule has 2 aliphatic carbocycles. The summed E-state index contributed by atoms with van der Waals surface area (Å²) in [5.74, 6) is 0.971. The second-order valence-corrected chi connectivity index (χ2v) is 11.5. The van der Waals surface area contributed by atoms with Crippen molar-refractivity contribution in [1.29, 1.82) is 0 Å². The van der Waals surface area contributed by atoms with Crippen LogP contribution in [0.2, 0.25) is 0 Å². The van der Waals surface area contributed by atoms with Gasteiger partial charge in [-0.3, -0.25) is 9.59 Å². The van der Waals surface area contributed by atoms with E-state index >= 15 is 0 Å². The number of Topliss-reactive ketones (excluding diaryl/α,β-unsaturated/α-hetero) is 1. The minimum atomic E-state index is -0.683. The van der Waals surface area contributed by atoms with E-state index in [0.29, 0.717) is 42.2 Å². The van der Waals surface area contributed by atoms with Crippen LogP contribution in [0.5, 0.6) is 5.75 Å². The van der Waals surface area contributed by atoms with Crippen molar-refractivity contribution in [2.45, 2.75) is 51.0 Å². The van der Waals surface area contributed by atoms with Crippen molar-refractivity contribution in [3.63, 3.8) is 0 Å². The van der Waals surface area contributed by atoms with E-state index in [4.69, 9.17) is 9.47 Å². The highest BCUT2D eigenvalue weighted by molar-refractivity contribution is 6.12. The summed E-state index contributed by atoms with van der Waals surface area (Å²) in [5, 5.41) is 6.68. The average Bonchev–Trinajstić information content (AvgIpc) is 3.62. The zero-order valence-electron chi connectivity index (χ0n) is 24.3. The third-order valence-electron chi connectivity index (χ3n) is 8.50. The van der Waals surface area contributed by atoms with Crippen LogP contribution < -0.4 is 15.4 Å². The molecule has 3 aromatic rings. The molecule has 42 heavy (non-hydrogen) atoms. The second-order valence-electron chi connectivity index (χ2n) is 11.5. The number of ketones is 2. The molecule has 2 aliphatic rings. The molecule has 2 fully saturated rings. The lowest BCUT2D eigenvalue weighted by molar-refractivity contribution is -0.141. The SMILES string of the molecule is COC(=O)C(Cc1ccc(OCCNCC2(C(=O)C3CCCC3)CC2)cc1)Nc1ccccc1C(=O)c1ccccc1. The van der Waals surface area contributed by atoms with Crippen molar-refractivity contribution < 1.29 is 23.9 Å². The fraction of sp³-hybridized carbons (Fsp3) is 0.400. The Morgan fingerprint density at radius 2 is 1.60 bits per heavy atom. The Balaban J connectivity index is 1.13. The van der Waals surface area contributed by atoms with Gasteiger partial charge in [-0.15, -0.1) is 0 Å². The number of nitrogens with one attached hydrogen (secondary N) is 2. The van der Waals surface area contributed by atoms with Gasteiger partial charge in [0.15, 0.2) is 5.78 Å². The van der Waals surface area contributed by atoms with Gasteiger partial charge in [0.25, 0.3) is 0 Å². The van der Waals surface area contributed by atoms with Gasteiger partial charge in [0.1, 0.15) is 24.2 Å². The zero-order chi connectivity index (χ0) is 29.4. The Labute approximate surface area is 248 Å². The maximum absolute atomic E-state index is 13.2. The van der Waals surface area contributed by atoms with E-state index in [1.807, 2.05) is 54.6 Å². The van der Waals surface area contributed by atoms with Crippen molar-refractivity contribution >= 4 is 23.2 Å². The highest BCUT2D eigenvalue weighted by Crippen LogP contribution is 2.49. The monoisotopic (exact) mass is 568 g/mol. The molecule has 0 bridgehead atoms. The molecule has 0 radical (unpaired) electrons. The molecule has 0 heterocycles. The quantitative estimate of drug-likeness (QED) is 0.140. The molecule has 0 saturated heterocycles. The molecule has 0 aromatic heterocycles. The number of methoxy groups -OCH3 is 1. The Hall–Kier alpha value is -3.97. The van der Waals surface area contributed by atoms with Crippen molar-refractivity contribution in [1.82, 2.24) is 5.32 Å². The lowest BCUT2D eigenvalue weighted by Crippen LogP contribution is -2.35. The maximum Gasteiger partial charge on any atom is 0.328 e. The lowest BCUT2D eigenvalue weighted by Gasteiger charge is -2.20. The summed E-state index contributed by atoms with van der Waals surface area (Å²) in [6.45, 7) is 1.93. The summed E-state index contributed by atoms with van der Waals surface area (Å²) < 4.78 is 11.0. The predicted octanol–water partition coefficient (Wildman–Crippen LogP) is 5.62. The highest BCUT2D eigenvalue weighted by Gasteiger charge is 2.51. The van der Waals surface area contributed by atoms with Crippen LogP contribution in [-0.4, -0.2) is 50.4 Å². The topological polar surface area (TPSA) is 93.7 Å². The molecule has 0 spiro atoms. The van der Waals surface area contributed by atoms with Crippen LogP contribution in [0, 0.1) is 11.3 Å². The number of carbonyl (C=O) groups excluding carboxylic acids is 3. The van der Waals surface area contributed by atoms with E-state index in [9.17, 15) is 14.4 Å². The predicted molar refractivity (Wildman–Crippen MR) is 163 cm³/mol. The summed E-state index contributed by atoms with van der Waals surface area (Å²) in [4.78, 5) is 38.7. The van der Waals surface area contributed by atoms with Gasteiger partial charge in [0.2, 0.25) is 0 Å². The van der Waals surface area contributed by atoms with E-state index < -0.39 is 12.0 Å². The number of hydrogen-bond donors (Lipinski definition) is 2. The molecule has 220 valence electrons. The number of anilines is 1. The van der Waals surface area contributed by atoms with Crippen molar-refractivity contribution in [3.8, 4) is 5.75 Å². The first-order chi connectivity index (χ1) is 20.5. The normalized spacial score (nSPS) is 16.4. The van der Waals surface area contributed by atoms with Crippen molar-refractivity contribution in [2.75, 3.05) is 32.1 Å². The Morgan fingerprint density at radius 3 is 2.29 bits per heavy atom. The van der Waals surface area contributed by atoms with E-state index in [0.717, 1.165) is 43.5 Å². The summed E-state index contributed by atoms with van der Waals surface area (Å²) in [6, 6.07) is 23.2. The first-order valence-electron chi connectivity index (χ1n) is 15.0. The third kappa shape index (κ3) is 7.26. The van der Waals surface area contributed by atoms with Gasteiger partial charge in [-0.05, 0) is 55.5 Å². The summed E-state index contributed by atoms with van der Waals surface area (Å²) >= 11 is 0. The highest BCUT2D eigenvalue weighted by atomic mass is 16.5. The number of carbonyl (C=O) groups is 3. The molecular weight excluding hydrogens is 528 g/mol. The van der Waals surface area contributed by atoms with Gasteiger partial charge < -0.3 is 20.1 Å². The van der Waals surface area contributed by atoms with Crippen LogP contribution >= 0.6 is 0 Å². The Kier molecular flexibility index (Phi) is 9.70. The van der Waals surface area contributed by atoms with E-state index in [1.165, 1.54) is 20.0 Å². The maximum atomic E-state index is 13.2. The Bertz CT molecular complexity index is 1360. The van der Waals surface area contributed by atoms with Crippen molar-refractivity contribution in [3.05, 3.63) is 95.6 Å². The molecule has 7 heteroatoms. The molecular formula is C35H40N2O5. The minimum Gasteiger partial charge on any atom is -0.492 e. The number of ether oxygens (including phenoxy) is 2. The number of benzene rings is 3. The van der Waals surface area contributed by atoms with Gasteiger partial charge in [-0.2, -0.15) is 0 Å². The fourth-order valence-electron chi connectivity index (χ4n) is 5.88. The number of hydrogen-bond acceptors (Lipinski definition) is 7. The van der Waals surface area contributed by atoms with Gasteiger partial charge in [0.05, 0.1) is 7.11 Å². The molecule has 2 N–H and O–H groups in total. The van der Waals surface area contributed by atoms with Crippen LogP contribution in [-0.2, 0) is 20.7 Å². The molecule has 7 nitrogen and oxygen atoms in total. The molecule has 1 unspecified atom stereocenters. The van der Waals surface area contributed by atoms with Crippen LogP contribution in [0.4, 0.5) is 5.69 Å². The molecule has 2 saturated carbocycles. The van der Waals surface area contributed by atoms with Crippen LogP contribution in [0.1, 0.15) is 60.0 Å². The summed E-state index contributed by atoms with van der Waals surface area (Å²) in [5.41, 5.74) is 2.45. The number of rotatable bonds is 15. The molecule has 5 rings (SSSR count). The average molecular weight is 569 g/mol. The summed E-state index contributed by atoms with van der Waals surface area (Å²) in [7, 11) is 1.36. The largest absolute Gasteiger partial charge is 0.492 e. The lowest BCUT2D eigenvalue weighted by atomic mass is 9.89. The second kappa shape index (κ2) is 13.8. The minimum absolute atomic E-state index is 0.119. The summed E-state index contributed by atoms with van der Waals surface area (Å²) in [6.07, 6.45) is 6.91. The van der Waals surface area contributed by atoms with Crippen LogP contribution in [0.15, 0.2) is 78.9 Å². The number of para-hydroxylation sites is 1. The van der Waals surface area contributed by atoms with E-state index in [2.05, 4.69) is 10.6 Å². The number of esters is 1. The molecule has 0 aliphatic heterocycles. The van der Waals surface area contributed by atoms with Gasteiger partial charge in [0, 0.05) is 47.7 Å². The van der Waals surface area contributed by atoms with Gasteiger partial charge in [-0.1, -0.05) is 67.4 Å². The molecule has 0 amide bonds. The molecule has 1 atom stereocenters. The first-order valence-corrected chi connectivity index (χ1v) is 15.0. The van der Waals surface area contributed by atoms with Crippen LogP contribution in [0.25, 0.3) is 0 Å². The van der Waals surface area contributed by atoms with E-state index in [1.54, 1.807) is 24.3 Å². The standard InChI is InChI=1S/C35H40N2O5/c1-41-34(40)31(37-30-14-8-7-13-29(30)32(38)26-9-3-2-4-10-26)23-25-15-17-28(18-16-25)42-22-21-36-24-35(19-20-35)33(39)27-11-5-6-12-27/h2-4,7-10,13-18,27,31,36-37H,5-6,11-12,19-24H2,1H3. The fourth-order valence-corrected chi connectivity index (χ4v) is 5.88.